The van der Waals surface area contributed by atoms with Crippen molar-refractivity contribution in [1.29, 1.82) is 0 Å². The molecule has 2 aromatic rings. The van der Waals surface area contributed by atoms with Crippen LogP contribution in [0.25, 0.3) is 0 Å². The Labute approximate surface area is 144 Å². The molecule has 3 N–H and O–H groups in total. The number of aryl methyl sites for hydroxylation is 1. The molecule has 0 aliphatic heterocycles. The SMILES string of the molecule is COc1ccc(O)c([C@H](C)NC(=O)C(=O)Nc2ccc(C)c(F)c2)c1. The van der Waals surface area contributed by atoms with Gasteiger partial charge in [0.15, 0.2) is 0 Å². The fourth-order valence-electron chi connectivity index (χ4n) is 2.20. The number of hydrogen-bond acceptors (Lipinski definition) is 4. The summed E-state index contributed by atoms with van der Waals surface area (Å²) in [4.78, 5) is 24.0. The van der Waals surface area contributed by atoms with Crippen LogP contribution in [0.15, 0.2) is 36.4 Å². The lowest BCUT2D eigenvalue weighted by atomic mass is 10.1. The smallest absolute Gasteiger partial charge is 0.313 e. The molecule has 0 heterocycles. The topological polar surface area (TPSA) is 87.7 Å². The highest BCUT2D eigenvalue weighted by molar-refractivity contribution is 6.39. The summed E-state index contributed by atoms with van der Waals surface area (Å²) in [6, 6.07) is 8.08. The Morgan fingerprint density at radius 3 is 2.52 bits per heavy atom. The van der Waals surface area contributed by atoms with Gasteiger partial charge in [0, 0.05) is 11.3 Å². The van der Waals surface area contributed by atoms with Crippen LogP contribution in [0.5, 0.6) is 11.5 Å². The van der Waals surface area contributed by atoms with Crippen LogP contribution in [0.1, 0.15) is 24.1 Å². The molecule has 0 fully saturated rings. The third kappa shape index (κ3) is 4.47. The van der Waals surface area contributed by atoms with Crippen molar-refractivity contribution in [3.8, 4) is 11.5 Å². The van der Waals surface area contributed by atoms with E-state index in [0.717, 1.165) is 6.07 Å². The molecule has 0 saturated heterocycles. The van der Waals surface area contributed by atoms with Gasteiger partial charge in [-0.2, -0.15) is 0 Å². The molecule has 2 aromatic carbocycles. The van der Waals surface area contributed by atoms with E-state index in [1.165, 1.54) is 25.3 Å². The minimum Gasteiger partial charge on any atom is -0.508 e. The maximum atomic E-state index is 13.5. The summed E-state index contributed by atoms with van der Waals surface area (Å²) in [5, 5.41) is 14.7. The lowest BCUT2D eigenvalue weighted by molar-refractivity contribution is -0.136. The standard InChI is InChI=1S/C18H19FN2O4/c1-10-4-5-12(8-15(10)19)21-18(24)17(23)20-11(2)14-9-13(25-3)6-7-16(14)22/h4-9,11,22H,1-3H3,(H,20,23)(H,21,24)/t11-/m0/s1. The van der Waals surface area contributed by atoms with Crippen LogP contribution < -0.4 is 15.4 Å². The van der Waals surface area contributed by atoms with Crippen LogP contribution in [-0.2, 0) is 9.59 Å². The summed E-state index contributed by atoms with van der Waals surface area (Å²) >= 11 is 0. The van der Waals surface area contributed by atoms with E-state index in [9.17, 15) is 19.1 Å². The fourth-order valence-corrected chi connectivity index (χ4v) is 2.20. The van der Waals surface area contributed by atoms with Crippen molar-refractivity contribution in [2.75, 3.05) is 12.4 Å². The molecule has 0 saturated carbocycles. The quantitative estimate of drug-likeness (QED) is 0.743. The van der Waals surface area contributed by atoms with Crippen molar-refractivity contribution in [2.24, 2.45) is 0 Å². The molecule has 0 spiro atoms. The molecule has 0 aromatic heterocycles. The minimum absolute atomic E-state index is 0.0328. The number of anilines is 1. The number of nitrogens with one attached hydrogen (secondary N) is 2. The molecule has 0 unspecified atom stereocenters. The van der Waals surface area contributed by atoms with Gasteiger partial charge in [0.2, 0.25) is 0 Å². The van der Waals surface area contributed by atoms with Gasteiger partial charge in [0.25, 0.3) is 0 Å². The average Bonchev–Trinajstić information content (AvgIpc) is 2.58. The molecule has 2 rings (SSSR count). The van der Waals surface area contributed by atoms with E-state index in [-0.39, 0.29) is 11.4 Å². The van der Waals surface area contributed by atoms with Crippen LogP contribution >= 0.6 is 0 Å². The van der Waals surface area contributed by atoms with E-state index in [1.54, 1.807) is 26.0 Å². The molecule has 1 atom stereocenters. The number of aromatic hydroxyl groups is 1. The summed E-state index contributed by atoms with van der Waals surface area (Å²) in [6.45, 7) is 3.21. The van der Waals surface area contributed by atoms with Crippen molar-refractivity contribution in [3.63, 3.8) is 0 Å². The zero-order valence-electron chi connectivity index (χ0n) is 14.1. The van der Waals surface area contributed by atoms with Crippen LogP contribution in [0.2, 0.25) is 0 Å². The number of rotatable bonds is 4. The first-order chi connectivity index (χ1) is 11.8. The highest BCUT2D eigenvalue weighted by atomic mass is 19.1. The Morgan fingerprint density at radius 1 is 1.16 bits per heavy atom. The molecule has 7 heteroatoms. The van der Waals surface area contributed by atoms with Gasteiger partial charge >= 0.3 is 11.8 Å². The van der Waals surface area contributed by atoms with E-state index in [2.05, 4.69) is 10.6 Å². The Balaban J connectivity index is 2.05. The Bertz CT molecular complexity index is 808. The van der Waals surface area contributed by atoms with E-state index >= 15 is 0 Å². The first-order valence-corrected chi connectivity index (χ1v) is 7.56. The molecule has 0 bridgehead atoms. The predicted molar refractivity (Wildman–Crippen MR) is 91.0 cm³/mol. The van der Waals surface area contributed by atoms with Gasteiger partial charge in [-0.1, -0.05) is 6.07 Å². The zero-order chi connectivity index (χ0) is 18.6. The van der Waals surface area contributed by atoms with Gasteiger partial charge in [-0.15, -0.1) is 0 Å². The van der Waals surface area contributed by atoms with E-state index in [4.69, 9.17) is 4.74 Å². The first kappa shape index (κ1) is 18.3. The molecule has 25 heavy (non-hydrogen) atoms. The van der Waals surface area contributed by atoms with Crippen LogP contribution in [0.3, 0.4) is 0 Å². The number of hydrogen-bond donors (Lipinski definition) is 3. The monoisotopic (exact) mass is 346 g/mol. The zero-order valence-corrected chi connectivity index (χ0v) is 14.1. The second kappa shape index (κ2) is 7.65. The lowest BCUT2D eigenvalue weighted by Gasteiger charge is -2.16. The molecular weight excluding hydrogens is 327 g/mol. The number of amides is 2. The normalized spacial score (nSPS) is 11.5. The van der Waals surface area contributed by atoms with Gasteiger partial charge in [-0.3, -0.25) is 9.59 Å². The largest absolute Gasteiger partial charge is 0.508 e. The minimum atomic E-state index is -0.933. The van der Waals surface area contributed by atoms with Crippen molar-refractivity contribution in [1.82, 2.24) is 5.32 Å². The number of benzene rings is 2. The summed E-state index contributed by atoms with van der Waals surface area (Å²) in [7, 11) is 1.48. The van der Waals surface area contributed by atoms with E-state index in [0.29, 0.717) is 16.9 Å². The molecule has 132 valence electrons. The van der Waals surface area contributed by atoms with E-state index in [1.807, 2.05) is 0 Å². The molecule has 0 radical (unpaired) electrons. The lowest BCUT2D eigenvalue weighted by Crippen LogP contribution is -2.37. The van der Waals surface area contributed by atoms with Gasteiger partial charge in [0.05, 0.1) is 13.2 Å². The van der Waals surface area contributed by atoms with Gasteiger partial charge in [0.1, 0.15) is 17.3 Å². The number of phenolic OH excluding ortho intramolecular Hbond substituents is 1. The van der Waals surface area contributed by atoms with Crippen molar-refractivity contribution >= 4 is 17.5 Å². The molecule has 2 amide bonds. The predicted octanol–water partition coefficient (Wildman–Crippen LogP) is 2.66. The van der Waals surface area contributed by atoms with Gasteiger partial charge < -0.3 is 20.5 Å². The number of ether oxygens (including phenoxy) is 1. The second-order valence-electron chi connectivity index (χ2n) is 5.54. The average molecular weight is 346 g/mol. The van der Waals surface area contributed by atoms with E-state index < -0.39 is 23.7 Å². The van der Waals surface area contributed by atoms with Gasteiger partial charge in [-0.25, -0.2) is 4.39 Å². The Hall–Kier alpha value is -3.09. The van der Waals surface area contributed by atoms with Crippen LogP contribution in [0.4, 0.5) is 10.1 Å². The number of carbonyl (C=O) groups is 2. The summed E-state index contributed by atoms with van der Waals surface area (Å²) in [6.07, 6.45) is 0. The Morgan fingerprint density at radius 2 is 1.88 bits per heavy atom. The van der Waals surface area contributed by atoms with Gasteiger partial charge in [-0.05, 0) is 49.7 Å². The molecule has 0 aliphatic carbocycles. The maximum absolute atomic E-state index is 13.5. The van der Waals surface area contributed by atoms with Crippen LogP contribution in [-0.4, -0.2) is 24.0 Å². The Kier molecular flexibility index (Phi) is 5.59. The highest BCUT2D eigenvalue weighted by Gasteiger charge is 2.19. The van der Waals surface area contributed by atoms with Crippen molar-refractivity contribution in [3.05, 3.63) is 53.3 Å². The highest BCUT2D eigenvalue weighted by Crippen LogP contribution is 2.28. The fraction of sp³-hybridized carbons (Fsp3) is 0.222. The third-order valence-corrected chi connectivity index (χ3v) is 3.68. The summed E-state index contributed by atoms with van der Waals surface area (Å²) in [5.41, 5.74) is 1.02. The number of methoxy groups -OCH3 is 1. The molecular formula is C18H19FN2O4. The number of carbonyl (C=O) groups excluding carboxylic acids is 2. The summed E-state index contributed by atoms with van der Waals surface area (Å²) < 4.78 is 18.6. The van der Waals surface area contributed by atoms with Crippen molar-refractivity contribution < 1.29 is 23.8 Å². The number of phenols is 1. The van der Waals surface area contributed by atoms with Crippen molar-refractivity contribution in [2.45, 2.75) is 19.9 Å². The number of halogens is 1. The molecule has 6 nitrogen and oxygen atoms in total. The maximum Gasteiger partial charge on any atom is 0.313 e. The third-order valence-electron chi connectivity index (χ3n) is 3.68. The second-order valence-corrected chi connectivity index (χ2v) is 5.54. The molecule has 0 aliphatic rings. The summed E-state index contributed by atoms with van der Waals surface area (Å²) in [5.74, 6) is -1.84. The van der Waals surface area contributed by atoms with Crippen LogP contribution in [0, 0.1) is 12.7 Å². The first-order valence-electron chi connectivity index (χ1n) is 7.56.